The third kappa shape index (κ3) is 2.95. The van der Waals surface area contributed by atoms with Crippen LogP contribution in [0.15, 0.2) is 24.3 Å². The summed E-state index contributed by atoms with van der Waals surface area (Å²) >= 11 is 0. The van der Waals surface area contributed by atoms with Gasteiger partial charge in [0.15, 0.2) is 0 Å². The number of hydrogen-bond donors (Lipinski definition) is 1. The van der Waals surface area contributed by atoms with Gasteiger partial charge in [-0.2, -0.15) is 0 Å². The first kappa shape index (κ1) is 14.1. The van der Waals surface area contributed by atoms with E-state index in [0.29, 0.717) is 5.69 Å². The zero-order chi connectivity index (χ0) is 14.8. The summed E-state index contributed by atoms with van der Waals surface area (Å²) < 4.78 is 0. The number of H-pyrrole nitrogens is 1. The Kier molecular flexibility index (Phi) is 3.97. The van der Waals surface area contributed by atoms with Crippen molar-refractivity contribution in [2.75, 3.05) is 32.7 Å². The molecule has 2 aromatic rings. The van der Waals surface area contributed by atoms with Gasteiger partial charge in [-0.1, -0.05) is 19.1 Å². The molecule has 0 aliphatic carbocycles. The maximum atomic E-state index is 12.7. The molecule has 112 valence electrons. The van der Waals surface area contributed by atoms with Crippen LogP contribution in [0, 0.1) is 6.92 Å². The lowest BCUT2D eigenvalue weighted by Crippen LogP contribution is -2.35. The summed E-state index contributed by atoms with van der Waals surface area (Å²) in [6, 6.07) is 8.21. The number of aromatic nitrogens is 1. The minimum atomic E-state index is 0.127. The number of carbonyl (C=O) groups is 1. The first-order valence-corrected chi connectivity index (χ1v) is 7.78. The van der Waals surface area contributed by atoms with Gasteiger partial charge in [0.05, 0.1) is 0 Å². The number of nitrogens with one attached hydrogen (secondary N) is 1. The van der Waals surface area contributed by atoms with Crippen molar-refractivity contribution >= 4 is 16.8 Å². The molecule has 0 radical (unpaired) electrons. The molecule has 3 rings (SSSR count). The Labute approximate surface area is 125 Å². The van der Waals surface area contributed by atoms with Crippen LogP contribution in [0.4, 0.5) is 0 Å². The van der Waals surface area contributed by atoms with Crippen LogP contribution in [0.25, 0.3) is 10.9 Å². The molecule has 0 atom stereocenters. The molecule has 2 heterocycles. The minimum Gasteiger partial charge on any atom is -0.351 e. The fraction of sp³-hybridized carbons (Fsp3) is 0.471. The largest absolute Gasteiger partial charge is 0.351 e. The lowest BCUT2D eigenvalue weighted by atomic mass is 10.2. The summed E-state index contributed by atoms with van der Waals surface area (Å²) in [5, 5.41) is 1.11. The van der Waals surface area contributed by atoms with E-state index in [1.165, 1.54) is 5.56 Å². The molecule has 0 bridgehead atoms. The number of aryl methyl sites for hydroxylation is 1. The van der Waals surface area contributed by atoms with E-state index < -0.39 is 0 Å². The molecule has 0 spiro atoms. The highest BCUT2D eigenvalue weighted by Crippen LogP contribution is 2.18. The second-order valence-electron chi connectivity index (χ2n) is 5.85. The average molecular weight is 285 g/mol. The molecule has 21 heavy (non-hydrogen) atoms. The van der Waals surface area contributed by atoms with E-state index in [-0.39, 0.29) is 5.91 Å². The molecule has 1 aromatic heterocycles. The van der Waals surface area contributed by atoms with Gasteiger partial charge in [-0.25, -0.2) is 0 Å². The monoisotopic (exact) mass is 285 g/mol. The fourth-order valence-corrected chi connectivity index (χ4v) is 3.02. The Hall–Kier alpha value is -1.81. The van der Waals surface area contributed by atoms with E-state index >= 15 is 0 Å². The molecule has 0 saturated carbocycles. The van der Waals surface area contributed by atoms with E-state index in [9.17, 15) is 4.79 Å². The zero-order valence-electron chi connectivity index (χ0n) is 12.9. The van der Waals surface area contributed by atoms with Crippen LogP contribution in [0.2, 0.25) is 0 Å². The second kappa shape index (κ2) is 5.90. The lowest BCUT2D eigenvalue weighted by molar-refractivity contribution is 0.0757. The van der Waals surface area contributed by atoms with Crippen molar-refractivity contribution in [1.29, 1.82) is 0 Å². The SMILES string of the molecule is CCN1CCCN(C(=O)c2cc3ccc(C)cc3[nH]2)CC1. The highest BCUT2D eigenvalue weighted by Gasteiger charge is 2.20. The summed E-state index contributed by atoms with van der Waals surface area (Å²) in [7, 11) is 0. The van der Waals surface area contributed by atoms with Gasteiger partial charge in [-0.15, -0.1) is 0 Å². The number of fused-ring (bicyclic) bond motifs is 1. The Morgan fingerprint density at radius 2 is 2.05 bits per heavy atom. The Morgan fingerprint density at radius 1 is 1.19 bits per heavy atom. The summed E-state index contributed by atoms with van der Waals surface area (Å²) in [5.41, 5.74) is 2.96. The predicted octanol–water partition coefficient (Wildman–Crippen LogP) is 2.64. The smallest absolute Gasteiger partial charge is 0.270 e. The number of hydrogen-bond acceptors (Lipinski definition) is 2. The molecule has 1 aromatic carbocycles. The van der Waals surface area contributed by atoms with Crippen LogP contribution in [0.1, 0.15) is 29.4 Å². The number of amides is 1. The standard InChI is InChI=1S/C17H23N3O/c1-3-19-7-4-8-20(10-9-19)17(21)16-12-14-6-5-13(2)11-15(14)18-16/h5-6,11-12,18H,3-4,7-10H2,1-2H3. The van der Waals surface area contributed by atoms with Crippen LogP contribution >= 0.6 is 0 Å². The summed E-state index contributed by atoms with van der Waals surface area (Å²) in [5.74, 6) is 0.127. The maximum absolute atomic E-state index is 12.7. The second-order valence-corrected chi connectivity index (χ2v) is 5.85. The predicted molar refractivity (Wildman–Crippen MR) is 85.7 cm³/mol. The van der Waals surface area contributed by atoms with Crippen molar-refractivity contribution in [3.63, 3.8) is 0 Å². The third-order valence-corrected chi connectivity index (χ3v) is 4.33. The van der Waals surface area contributed by atoms with Gasteiger partial charge in [0.25, 0.3) is 5.91 Å². The molecule has 4 nitrogen and oxygen atoms in total. The van der Waals surface area contributed by atoms with Gasteiger partial charge < -0.3 is 14.8 Å². The van der Waals surface area contributed by atoms with Crippen LogP contribution < -0.4 is 0 Å². The summed E-state index contributed by atoms with van der Waals surface area (Å²) in [4.78, 5) is 20.3. The van der Waals surface area contributed by atoms with Crippen molar-refractivity contribution in [3.05, 3.63) is 35.5 Å². The average Bonchev–Trinajstić information content (AvgIpc) is 2.75. The first-order chi connectivity index (χ1) is 10.2. The topological polar surface area (TPSA) is 39.3 Å². The van der Waals surface area contributed by atoms with Gasteiger partial charge in [0, 0.05) is 30.5 Å². The van der Waals surface area contributed by atoms with E-state index in [1.54, 1.807) is 0 Å². The number of aromatic amines is 1. The molecular formula is C17H23N3O. The lowest BCUT2D eigenvalue weighted by Gasteiger charge is -2.20. The molecule has 0 unspecified atom stereocenters. The molecule has 1 amide bonds. The van der Waals surface area contributed by atoms with Crippen molar-refractivity contribution in [2.45, 2.75) is 20.3 Å². The fourth-order valence-electron chi connectivity index (χ4n) is 3.02. The molecule has 1 fully saturated rings. The van der Waals surface area contributed by atoms with Crippen LogP contribution in [0.5, 0.6) is 0 Å². The first-order valence-electron chi connectivity index (χ1n) is 7.78. The highest BCUT2D eigenvalue weighted by atomic mass is 16.2. The third-order valence-electron chi connectivity index (χ3n) is 4.33. The van der Waals surface area contributed by atoms with Gasteiger partial charge in [-0.05, 0) is 44.1 Å². The maximum Gasteiger partial charge on any atom is 0.270 e. The molecular weight excluding hydrogens is 262 g/mol. The van der Waals surface area contributed by atoms with Crippen LogP contribution in [-0.4, -0.2) is 53.4 Å². The highest BCUT2D eigenvalue weighted by molar-refractivity contribution is 5.98. The number of rotatable bonds is 2. The number of carbonyl (C=O) groups excluding carboxylic acids is 1. The van der Waals surface area contributed by atoms with Crippen LogP contribution in [-0.2, 0) is 0 Å². The van der Waals surface area contributed by atoms with Crippen molar-refractivity contribution in [2.24, 2.45) is 0 Å². The van der Waals surface area contributed by atoms with E-state index in [4.69, 9.17) is 0 Å². The minimum absolute atomic E-state index is 0.127. The van der Waals surface area contributed by atoms with Gasteiger partial charge >= 0.3 is 0 Å². The zero-order valence-corrected chi connectivity index (χ0v) is 12.9. The quantitative estimate of drug-likeness (QED) is 0.921. The molecule has 1 aliphatic heterocycles. The van der Waals surface area contributed by atoms with Gasteiger partial charge in [-0.3, -0.25) is 4.79 Å². The molecule has 1 aliphatic rings. The normalized spacial score (nSPS) is 17.1. The Morgan fingerprint density at radius 3 is 2.86 bits per heavy atom. The number of likely N-dealkylation sites (N-methyl/N-ethyl adjacent to an activating group) is 1. The van der Waals surface area contributed by atoms with Crippen molar-refractivity contribution in [1.82, 2.24) is 14.8 Å². The molecule has 1 saturated heterocycles. The van der Waals surface area contributed by atoms with E-state index in [1.807, 2.05) is 11.0 Å². The van der Waals surface area contributed by atoms with Gasteiger partial charge in [0.2, 0.25) is 0 Å². The van der Waals surface area contributed by atoms with Crippen molar-refractivity contribution < 1.29 is 4.79 Å². The van der Waals surface area contributed by atoms with E-state index in [2.05, 4.69) is 41.9 Å². The summed E-state index contributed by atoms with van der Waals surface area (Å²) in [6.45, 7) is 9.04. The summed E-state index contributed by atoms with van der Waals surface area (Å²) in [6.07, 6.45) is 1.05. The molecule has 4 heteroatoms. The van der Waals surface area contributed by atoms with E-state index in [0.717, 1.165) is 50.0 Å². The van der Waals surface area contributed by atoms with Crippen molar-refractivity contribution in [3.8, 4) is 0 Å². The Bertz CT molecular complexity index is 647. The van der Waals surface area contributed by atoms with Crippen LogP contribution in [0.3, 0.4) is 0 Å². The number of nitrogens with zero attached hydrogens (tertiary/aromatic N) is 2. The number of benzene rings is 1. The Balaban J connectivity index is 1.79. The molecule has 1 N–H and O–H groups in total. The van der Waals surface area contributed by atoms with Gasteiger partial charge in [0.1, 0.15) is 5.69 Å².